The summed E-state index contributed by atoms with van der Waals surface area (Å²) >= 11 is 0. The lowest BCUT2D eigenvalue weighted by Gasteiger charge is -2.37. The van der Waals surface area contributed by atoms with Gasteiger partial charge in [-0.15, -0.1) is 0 Å². The number of ether oxygens (including phenoxy) is 1. The number of nitrogen functional groups attached to an aromatic ring is 1. The van der Waals surface area contributed by atoms with Crippen LogP contribution in [0, 0.1) is 5.41 Å². The zero-order valence-electron chi connectivity index (χ0n) is 17.5. The normalized spacial score (nSPS) is 19.0. The average molecular weight is 439 g/mol. The Kier molecular flexibility index (Phi) is 7.04. The van der Waals surface area contributed by atoms with Gasteiger partial charge in [-0.3, -0.25) is 20.0 Å². The van der Waals surface area contributed by atoms with E-state index in [1.807, 2.05) is 0 Å². The Bertz CT molecular complexity index is 996. The minimum Gasteiger partial charge on any atom is -0.481 e. The first-order valence-corrected chi connectivity index (χ1v) is 10.0. The molecule has 1 aliphatic heterocycles. The monoisotopic (exact) mass is 439 g/mol. The number of carboxylic acids is 1. The number of aliphatic carboxylic acids is 1. The lowest BCUT2D eigenvalue weighted by molar-refractivity contribution is -0.137. The highest BCUT2D eigenvalue weighted by Crippen LogP contribution is 2.32. The van der Waals surface area contributed by atoms with E-state index in [1.54, 1.807) is 49.6 Å². The first-order chi connectivity index (χ1) is 15.2. The molecule has 2 heterocycles. The molecule has 3 atom stereocenters. The van der Waals surface area contributed by atoms with E-state index in [4.69, 9.17) is 15.9 Å². The van der Waals surface area contributed by atoms with Gasteiger partial charge in [-0.25, -0.2) is 4.79 Å². The molecule has 0 radical (unpaired) electrons. The van der Waals surface area contributed by atoms with Gasteiger partial charge in [0, 0.05) is 31.4 Å². The van der Waals surface area contributed by atoms with Crippen LogP contribution in [-0.4, -0.2) is 51.9 Å². The zero-order valence-corrected chi connectivity index (χ0v) is 17.5. The summed E-state index contributed by atoms with van der Waals surface area (Å²) in [5.41, 5.74) is 7.48. The fourth-order valence-corrected chi connectivity index (χ4v) is 3.65. The molecule has 5 N–H and O–H groups in total. The van der Waals surface area contributed by atoms with Gasteiger partial charge in [-0.1, -0.05) is 30.3 Å². The number of rotatable bonds is 8. The minimum atomic E-state index is -1.06. The van der Waals surface area contributed by atoms with Crippen LogP contribution in [0.1, 0.15) is 48.0 Å². The van der Waals surface area contributed by atoms with Gasteiger partial charge in [0.15, 0.2) is 0 Å². The molecule has 10 nitrogen and oxygen atoms in total. The maximum absolute atomic E-state index is 12.7. The Balaban J connectivity index is 1.69. The third-order valence-electron chi connectivity index (χ3n) is 5.33. The first-order valence-electron chi connectivity index (χ1n) is 10.0. The van der Waals surface area contributed by atoms with Crippen molar-refractivity contribution in [3.05, 3.63) is 65.5 Å². The maximum atomic E-state index is 12.7. The molecule has 168 valence electrons. The number of aromatic nitrogens is 1. The molecular formula is C22H25N5O5. The number of amidine groups is 1. The van der Waals surface area contributed by atoms with E-state index in [2.05, 4.69) is 10.3 Å². The van der Waals surface area contributed by atoms with Crippen LogP contribution in [0.25, 0.3) is 0 Å². The number of hydrogen-bond acceptors (Lipinski definition) is 6. The lowest BCUT2D eigenvalue weighted by atomic mass is 9.95. The van der Waals surface area contributed by atoms with Crippen molar-refractivity contribution in [2.24, 2.45) is 5.73 Å². The van der Waals surface area contributed by atoms with Crippen LogP contribution in [0.3, 0.4) is 0 Å². The molecule has 2 aromatic rings. The number of nitrogens with two attached hydrogens (primary N) is 1. The molecule has 10 heteroatoms. The summed E-state index contributed by atoms with van der Waals surface area (Å²) in [4.78, 5) is 41.7. The molecular weight excluding hydrogens is 414 g/mol. The van der Waals surface area contributed by atoms with Crippen molar-refractivity contribution < 1.29 is 24.2 Å². The smallest absolute Gasteiger partial charge is 0.410 e. The van der Waals surface area contributed by atoms with Crippen molar-refractivity contribution >= 4 is 23.8 Å². The SMILES string of the molecule is CN1C(=O)O[C@@H](CC(=O)N[C@@H](CC(=O)O)c2cccnc2)C[C@H]1c1ccc(C(=N)N)cc1. The molecule has 1 aliphatic rings. The van der Waals surface area contributed by atoms with Gasteiger partial charge >= 0.3 is 12.1 Å². The summed E-state index contributed by atoms with van der Waals surface area (Å²) in [6, 6.07) is 9.29. The Morgan fingerprint density at radius 1 is 1.34 bits per heavy atom. The molecule has 1 fully saturated rings. The topological polar surface area (TPSA) is 159 Å². The molecule has 2 amide bonds. The summed E-state index contributed by atoms with van der Waals surface area (Å²) in [7, 11) is 1.62. The van der Waals surface area contributed by atoms with Crippen LogP contribution in [0.15, 0.2) is 48.8 Å². The Morgan fingerprint density at radius 3 is 2.66 bits per heavy atom. The van der Waals surface area contributed by atoms with Crippen LogP contribution in [0.2, 0.25) is 0 Å². The van der Waals surface area contributed by atoms with Crippen molar-refractivity contribution in [3.63, 3.8) is 0 Å². The van der Waals surface area contributed by atoms with Crippen molar-refractivity contribution in [2.75, 3.05) is 7.05 Å². The van der Waals surface area contributed by atoms with Crippen molar-refractivity contribution in [1.82, 2.24) is 15.2 Å². The molecule has 1 aromatic heterocycles. The fourth-order valence-electron chi connectivity index (χ4n) is 3.65. The number of cyclic esters (lactones) is 1. The van der Waals surface area contributed by atoms with Gasteiger partial charge in [0.25, 0.3) is 0 Å². The van der Waals surface area contributed by atoms with Gasteiger partial charge in [-0.2, -0.15) is 0 Å². The Hall–Kier alpha value is -3.95. The molecule has 0 spiro atoms. The summed E-state index contributed by atoms with van der Waals surface area (Å²) in [6.07, 6.45) is 1.83. The first kappa shape index (κ1) is 22.7. The van der Waals surface area contributed by atoms with E-state index in [0.29, 0.717) is 17.5 Å². The van der Waals surface area contributed by atoms with E-state index < -0.39 is 30.1 Å². The Morgan fingerprint density at radius 2 is 2.06 bits per heavy atom. The number of nitrogens with one attached hydrogen (secondary N) is 2. The van der Waals surface area contributed by atoms with Crippen LogP contribution in [0.4, 0.5) is 4.79 Å². The number of hydrogen-bond donors (Lipinski definition) is 4. The van der Waals surface area contributed by atoms with Crippen molar-refractivity contribution in [3.8, 4) is 0 Å². The third kappa shape index (κ3) is 5.60. The number of nitrogens with zero attached hydrogens (tertiary/aromatic N) is 2. The molecule has 0 saturated carbocycles. The van der Waals surface area contributed by atoms with E-state index in [9.17, 15) is 19.5 Å². The summed E-state index contributed by atoms with van der Waals surface area (Å²) in [5, 5.41) is 19.4. The maximum Gasteiger partial charge on any atom is 0.410 e. The quantitative estimate of drug-likeness (QED) is 0.361. The van der Waals surface area contributed by atoms with Crippen LogP contribution >= 0.6 is 0 Å². The molecule has 0 bridgehead atoms. The lowest BCUT2D eigenvalue weighted by Crippen LogP contribution is -2.44. The second-order valence-electron chi connectivity index (χ2n) is 7.61. The van der Waals surface area contributed by atoms with E-state index in [1.165, 1.54) is 11.1 Å². The number of carbonyl (C=O) groups is 3. The molecule has 32 heavy (non-hydrogen) atoms. The standard InChI is InChI=1S/C22H25N5O5/c1-27-18(13-4-6-14(7-5-13)21(23)24)9-16(32-22(27)31)10-19(28)26-17(11-20(29)30)15-3-2-8-25-12-15/h2-8,12,16-18H,9-11H2,1H3,(H3,23,24)(H,26,28)(H,29,30)/t16-,17+,18+/m1/s1. The Labute approximate surface area is 184 Å². The minimum absolute atomic E-state index is 0.0490. The fraction of sp³-hybridized carbons (Fsp3) is 0.318. The second-order valence-corrected chi connectivity index (χ2v) is 7.61. The average Bonchev–Trinajstić information content (AvgIpc) is 2.76. The molecule has 0 aliphatic carbocycles. The van der Waals surface area contributed by atoms with Gasteiger partial charge in [0.1, 0.15) is 11.9 Å². The number of carbonyl (C=O) groups excluding carboxylic acids is 2. The van der Waals surface area contributed by atoms with Gasteiger partial charge in [0.2, 0.25) is 5.91 Å². The second kappa shape index (κ2) is 9.90. The number of benzene rings is 1. The number of pyridine rings is 1. The highest BCUT2D eigenvalue weighted by atomic mass is 16.6. The molecule has 0 unspecified atom stereocenters. The van der Waals surface area contributed by atoms with E-state index in [-0.39, 0.29) is 24.7 Å². The highest BCUT2D eigenvalue weighted by Gasteiger charge is 2.35. The summed E-state index contributed by atoms with van der Waals surface area (Å²) < 4.78 is 5.39. The largest absolute Gasteiger partial charge is 0.481 e. The van der Waals surface area contributed by atoms with E-state index >= 15 is 0 Å². The van der Waals surface area contributed by atoms with Gasteiger partial charge < -0.3 is 25.8 Å². The molecule has 1 saturated heterocycles. The van der Waals surface area contributed by atoms with Crippen molar-refractivity contribution in [1.29, 1.82) is 5.41 Å². The number of carboxylic acid groups (broad SMARTS) is 1. The summed E-state index contributed by atoms with van der Waals surface area (Å²) in [5.74, 6) is -1.53. The number of amides is 2. The van der Waals surface area contributed by atoms with Crippen LogP contribution < -0.4 is 11.1 Å². The predicted octanol–water partition coefficient (Wildman–Crippen LogP) is 1.97. The highest BCUT2D eigenvalue weighted by molar-refractivity contribution is 5.94. The van der Waals surface area contributed by atoms with Gasteiger partial charge in [-0.05, 0) is 17.2 Å². The third-order valence-corrected chi connectivity index (χ3v) is 5.33. The zero-order chi connectivity index (χ0) is 23.3. The molecule has 1 aromatic carbocycles. The van der Waals surface area contributed by atoms with Crippen LogP contribution in [0.5, 0.6) is 0 Å². The molecule has 3 rings (SSSR count). The van der Waals surface area contributed by atoms with E-state index in [0.717, 1.165) is 5.56 Å². The van der Waals surface area contributed by atoms with Crippen LogP contribution in [-0.2, 0) is 14.3 Å². The predicted molar refractivity (Wildman–Crippen MR) is 115 cm³/mol. The summed E-state index contributed by atoms with van der Waals surface area (Å²) in [6.45, 7) is 0. The van der Waals surface area contributed by atoms with Gasteiger partial charge in [0.05, 0.1) is 24.9 Å². The van der Waals surface area contributed by atoms with Crippen molar-refractivity contribution in [2.45, 2.75) is 37.5 Å².